The highest BCUT2D eigenvalue weighted by molar-refractivity contribution is 7.92. The van der Waals surface area contributed by atoms with Gasteiger partial charge >= 0.3 is 5.97 Å². The van der Waals surface area contributed by atoms with Crippen molar-refractivity contribution in [3.63, 3.8) is 0 Å². The Morgan fingerprint density at radius 3 is 2.65 bits per heavy atom. The Bertz CT molecular complexity index is 591. The Balaban J connectivity index is 2.38. The van der Waals surface area contributed by atoms with Crippen LogP contribution in [0.3, 0.4) is 0 Å². The van der Waals surface area contributed by atoms with Crippen LogP contribution >= 0.6 is 0 Å². The van der Waals surface area contributed by atoms with Gasteiger partial charge in [-0.05, 0) is 13.0 Å². The van der Waals surface area contributed by atoms with Gasteiger partial charge in [-0.25, -0.2) is 13.2 Å². The average molecular weight is 300 g/mol. The fourth-order valence-corrected chi connectivity index (χ4v) is 3.57. The molecule has 1 fully saturated rings. The van der Waals surface area contributed by atoms with E-state index in [9.17, 15) is 18.3 Å². The number of hydrogen-bond donors (Lipinski definition) is 1. The van der Waals surface area contributed by atoms with Crippen molar-refractivity contribution in [3.8, 4) is 0 Å². The Labute approximate surface area is 117 Å². The summed E-state index contributed by atoms with van der Waals surface area (Å²) in [6.45, 7) is 1.98. The number of carbonyl (C=O) groups excluding carboxylic acids is 1. The third-order valence-corrected chi connectivity index (χ3v) is 5.21. The molecule has 1 aliphatic rings. The standard InChI is InChI=1S/C13H16O6S/c1-2-19-13(15)12(14)10-5-3-4-6-11(10)20(16,17)9-7-18-8-9/h3-6,9,12,14H,2,7-8H2,1H3. The zero-order valence-corrected chi connectivity index (χ0v) is 11.8. The first kappa shape index (κ1) is 15.0. The van der Waals surface area contributed by atoms with Crippen LogP contribution < -0.4 is 0 Å². The van der Waals surface area contributed by atoms with Crippen molar-refractivity contribution in [2.24, 2.45) is 0 Å². The maximum absolute atomic E-state index is 12.4. The minimum atomic E-state index is -3.62. The third-order valence-electron chi connectivity index (χ3n) is 3.08. The number of ether oxygens (including phenoxy) is 2. The first-order valence-electron chi connectivity index (χ1n) is 6.23. The zero-order valence-electron chi connectivity index (χ0n) is 11.0. The molecule has 0 aliphatic carbocycles. The van der Waals surface area contributed by atoms with Gasteiger partial charge in [-0.15, -0.1) is 0 Å². The second kappa shape index (κ2) is 5.90. The molecule has 1 aliphatic heterocycles. The van der Waals surface area contributed by atoms with E-state index in [0.29, 0.717) is 0 Å². The molecule has 1 atom stereocenters. The highest BCUT2D eigenvalue weighted by atomic mass is 32.2. The van der Waals surface area contributed by atoms with Crippen LogP contribution in [0.5, 0.6) is 0 Å². The minimum Gasteiger partial charge on any atom is -0.464 e. The Morgan fingerprint density at radius 2 is 2.10 bits per heavy atom. The smallest absolute Gasteiger partial charge is 0.339 e. The summed E-state index contributed by atoms with van der Waals surface area (Å²) in [5.41, 5.74) is 0.0397. The van der Waals surface area contributed by atoms with Gasteiger partial charge in [0.2, 0.25) is 0 Å². The molecule has 2 rings (SSSR count). The molecule has 0 radical (unpaired) electrons. The molecule has 0 saturated carbocycles. The molecular formula is C13H16O6S. The van der Waals surface area contributed by atoms with E-state index in [0.717, 1.165) is 0 Å². The number of benzene rings is 1. The van der Waals surface area contributed by atoms with Gasteiger partial charge in [0.25, 0.3) is 0 Å². The van der Waals surface area contributed by atoms with Gasteiger partial charge < -0.3 is 14.6 Å². The molecular weight excluding hydrogens is 284 g/mol. The van der Waals surface area contributed by atoms with Crippen LogP contribution in [0.2, 0.25) is 0 Å². The molecule has 0 bridgehead atoms. The van der Waals surface area contributed by atoms with Crippen LogP contribution in [0.1, 0.15) is 18.6 Å². The Hall–Kier alpha value is -1.44. The first-order chi connectivity index (χ1) is 9.48. The number of aliphatic hydroxyl groups is 1. The summed E-state index contributed by atoms with van der Waals surface area (Å²) >= 11 is 0. The van der Waals surface area contributed by atoms with Crippen molar-refractivity contribution in [3.05, 3.63) is 29.8 Å². The molecule has 0 amide bonds. The average Bonchev–Trinajstić information content (AvgIpc) is 2.35. The monoisotopic (exact) mass is 300 g/mol. The summed E-state index contributed by atoms with van der Waals surface area (Å²) in [7, 11) is -3.62. The molecule has 20 heavy (non-hydrogen) atoms. The number of aliphatic hydroxyl groups excluding tert-OH is 1. The summed E-state index contributed by atoms with van der Waals surface area (Å²) in [4.78, 5) is 11.5. The van der Waals surface area contributed by atoms with E-state index in [2.05, 4.69) is 0 Å². The van der Waals surface area contributed by atoms with E-state index in [1.165, 1.54) is 12.1 Å². The van der Waals surface area contributed by atoms with Gasteiger partial charge in [0.15, 0.2) is 15.9 Å². The highest BCUT2D eigenvalue weighted by Gasteiger charge is 2.37. The molecule has 7 heteroatoms. The normalized spacial score (nSPS) is 17.3. The molecule has 1 aromatic rings. The van der Waals surface area contributed by atoms with Gasteiger partial charge in [0.1, 0.15) is 5.25 Å². The molecule has 110 valence electrons. The van der Waals surface area contributed by atoms with Crippen molar-refractivity contribution < 1.29 is 27.8 Å². The first-order valence-corrected chi connectivity index (χ1v) is 7.78. The minimum absolute atomic E-state index is 0.0397. The van der Waals surface area contributed by atoms with Crippen LogP contribution in [-0.2, 0) is 24.1 Å². The summed E-state index contributed by atoms with van der Waals surface area (Å²) in [5.74, 6) is -0.861. The molecule has 1 aromatic carbocycles. The van der Waals surface area contributed by atoms with Gasteiger partial charge in [-0.3, -0.25) is 0 Å². The lowest BCUT2D eigenvalue weighted by atomic mass is 10.1. The van der Waals surface area contributed by atoms with E-state index in [1.54, 1.807) is 19.1 Å². The van der Waals surface area contributed by atoms with E-state index >= 15 is 0 Å². The molecule has 1 N–H and O–H groups in total. The van der Waals surface area contributed by atoms with E-state index in [1.807, 2.05) is 0 Å². The van der Waals surface area contributed by atoms with Crippen molar-refractivity contribution in [1.82, 2.24) is 0 Å². The van der Waals surface area contributed by atoms with Crippen LogP contribution in [0.15, 0.2) is 29.2 Å². The highest BCUT2D eigenvalue weighted by Crippen LogP contribution is 2.28. The summed E-state index contributed by atoms with van der Waals surface area (Å²) in [6.07, 6.45) is -1.61. The lowest BCUT2D eigenvalue weighted by Crippen LogP contribution is -2.41. The van der Waals surface area contributed by atoms with Gasteiger partial charge in [-0.2, -0.15) is 0 Å². The Kier molecular flexibility index (Phi) is 4.42. The lowest BCUT2D eigenvalue weighted by molar-refractivity contribution is -0.153. The largest absolute Gasteiger partial charge is 0.464 e. The maximum Gasteiger partial charge on any atom is 0.339 e. The van der Waals surface area contributed by atoms with Crippen molar-refractivity contribution >= 4 is 15.8 Å². The fraction of sp³-hybridized carbons (Fsp3) is 0.462. The van der Waals surface area contributed by atoms with Crippen molar-refractivity contribution in [2.45, 2.75) is 23.2 Å². The summed E-state index contributed by atoms with van der Waals surface area (Å²) < 4.78 is 34.4. The van der Waals surface area contributed by atoms with Crippen LogP contribution in [0.25, 0.3) is 0 Å². The predicted molar refractivity (Wildman–Crippen MR) is 69.8 cm³/mol. The summed E-state index contributed by atoms with van der Waals surface area (Å²) in [6, 6.07) is 5.90. The number of rotatable bonds is 5. The molecule has 0 aromatic heterocycles. The Morgan fingerprint density at radius 1 is 1.45 bits per heavy atom. The fourth-order valence-electron chi connectivity index (χ4n) is 1.89. The molecule has 6 nitrogen and oxygen atoms in total. The van der Waals surface area contributed by atoms with E-state index < -0.39 is 27.2 Å². The van der Waals surface area contributed by atoms with E-state index in [-0.39, 0.29) is 30.3 Å². The van der Waals surface area contributed by atoms with Crippen LogP contribution in [0, 0.1) is 0 Å². The SMILES string of the molecule is CCOC(=O)C(O)c1ccccc1S(=O)(=O)C1COC1. The number of esters is 1. The zero-order chi connectivity index (χ0) is 14.8. The second-order valence-corrected chi connectivity index (χ2v) is 6.59. The van der Waals surface area contributed by atoms with Gasteiger partial charge in [0, 0.05) is 5.56 Å². The van der Waals surface area contributed by atoms with E-state index in [4.69, 9.17) is 9.47 Å². The topological polar surface area (TPSA) is 89.9 Å². The lowest BCUT2D eigenvalue weighted by Gasteiger charge is -2.27. The van der Waals surface area contributed by atoms with Crippen LogP contribution in [0.4, 0.5) is 0 Å². The second-order valence-electron chi connectivity index (χ2n) is 4.40. The molecule has 1 unspecified atom stereocenters. The number of hydrogen-bond acceptors (Lipinski definition) is 6. The third kappa shape index (κ3) is 2.70. The summed E-state index contributed by atoms with van der Waals surface area (Å²) in [5, 5.41) is 9.34. The molecule has 1 heterocycles. The van der Waals surface area contributed by atoms with Gasteiger partial charge in [0.05, 0.1) is 24.7 Å². The maximum atomic E-state index is 12.4. The number of sulfone groups is 1. The van der Waals surface area contributed by atoms with Crippen molar-refractivity contribution in [1.29, 1.82) is 0 Å². The molecule has 1 saturated heterocycles. The number of carbonyl (C=O) groups is 1. The predicted octanol–water partition coefficient (Wildman–Crippen LogP) is 0.456. The van der Waals surface area contributed by atoms with Crippen molar-refractivity contribution in [2.75, 3.05) is 19.8 Å². The van der Waals surface area contributed by atoms with Crippen LogP contribution in [-0.4, -0.2) is 44.6 Å². The molecule has 0 spiro atoms. The quantitative estimate of drug-likeness (QED) is 0.794. The van der Waals surface area contributed by atoms with Gasteiger partial charge in [-0.1, -0.05) is 18.2 Å².